The molecule has 1 saturated carbocycles. The molecule has 0 aromatic heterocycles. The van der Waals surface area contributed by atoms with Crippen LogP contribution < -0.4 is 9.47 Å². The van der Waals surface area contributed by atoms with Gasteiger partial charge in [-0.15, -0.1) is 0 Å². The Bertz CT molecular complexity index is 725. The number of benzene rings is 1. The Balaban J connectivity index is 0. The molecule has 1 aromatic carbocycles. The van der Waals surface area contributed by atoms with E-state index in [1.165, 1.54) is 5.56 Å². The van der Waals surface area contributed by atoms with E-state index in [4.69, 9.17) is 28.2 Å². The molecule has 0 aliphatic heterocycles. The van der Waals surface area contributed by atoms with Crippen LogP contribution in [0.4, 0.5) is 0 Å². The molecule has 4 radical (unpaired) electrons. The van der Waals surface area contributed by atoms with Crippen molar-refractivity contribution < 1.29 is 45.2 Å². The quantitative estimate of drug-likeness (QED) is 0.410. The van der Waals surface area contributed by atoms with Crippen LogP contribution >= 0.6 is 0 Å². The zero-order chi connectivity index (χ0) is 21.7. The third kappa shape index (κ3) is 6.00. The summed E-state index contributed by atoms with van der Waals surface area (Å²) in [7, 11) is 4.94. The summed E-state index contributed by atoms with van der Waals surface area (Å²) in [5.41, 5.74) is 2.06. The van der Waals surface area contributed by atoms with Crippen molar-refractivity contribution in [3.05, 3.63) is 68.6 Å². The molecule has 0 spiro atoms. The predicted octanol–water partition coefficient (Wildman–Crippen LogP) is 2.72. The minimum Gasteiger partial charge on any atom is 0 e. The fraction of sp³-hybridized carbons (Fsp3) is 0.333. The predicted molar refractivity (Wildman–Crippen MR) is 93.6 cm³/mol. The zero-order valence-electron chi connectivity index (χ0n) is 16.1. The van der Waals surface area contributed by atoms with Crippen molar-refractivity contribution in [3.8, 4) is 17.6 Å². The summed E-state index contributed by atoms with van der Waals surface area (Å²) in [6, 6.07) is 6.39. The van der Waals surface area contributed by atoms with E-state index in [2.05, 4.69) is 38.9 Å². The summed E-state index contributed by atoms with van der Waals surface area (Å²) in [4.78, 5) is 0. The van der Waals surface area contributed by atoms with Crippen LogP contribution in [0.5, 0.6) is 11.5 Å². The zero-order valence-corrected chi connectivity index (χ0v) is 17.2. The Morgan fingerprint density at radius 1 is 1.03 bits per heavy atom. The minimum absolute atomic E-state index is 0. The number of hydrogen-bond acceptors (Lipinski definition) is 4. The van der Waals surface area contributed by atoms with Crippen molar-refractivity contribution in [2.45, 2.75) is 18.3 Å². The van der Waals surface area contributed by atoms with Gasteiger partial charge in [0.1, 0.15) is 6.10 Å². The van der Waals surface area contributed by atoms with Gasteiger partial charge < -0.3 is 14.2 Å². The SMILES string of the molecule is CO[C]1[CH][CH][C@]2(CC#N)c3cc(OC)c(OC)cc3C[C@@H]2[CH]1.[C-]#[O+].[C-]#[O+].[C-]#[O+].[Fe]. The average molecular weight is 437 g/mol. The van der Waals surface area contributed by atoms with Gasteiger partial charge in [0.25, 0.3) is 0 Å². The maximum Gasteiger partial charge on any atom is 0 e. The number of hydrogen-bond donors (Lipinski definition) is 0. The monoisotopic (exact) mass is 437 g/mol. The van der Waals surface area contributed by atoms with Gasteiger partial charge in [0.15, 0.2) is 11.5 Å². The normalized spacial score (nSPS) is 20.6. The Labute approximate surface area is 182 Å². The van der Waals surface area contributed by atoms with Gasteiger partial charge in [-0.2, -0.15) is 5.26 Å². The summed E-state index contributed by atoms with van der Waals surface area (Å²) in [6.45, 7) is 13.5. The van der Waals surface area contributed by atoms with Gasteiger partial charge in [-0.1, -0.05) is 0 Å². The van der Waals surface area contributed by atoms with Crippen molar-refractivity contribution >= 4 is 0 Å². The van der Waals surface area contributed by atoms with Gasteiger partial charge in [0.05, 0.1) is 20.3 Å². The molecular formula is C21H19FeNO6. The van der Waals surface area contributed by atoms with Gasteiger partial charge in [-0.3, -0.25) is 0 Å². The molecule has 152 valence electrons. The van der Waals surface area contributed by atoms with Crippen LogP contribution in [0.15, 0.2) is 12.1 Å². The van der Waals surface area contributed by atoms with Crippen LogP contribution in [0.25, 0.3) is 0 Å². The van der Waals surface area contributed by atoms with Crippen LogP contribution in [0, 0.1) is 62.6 Å². The molecule has 1 aromatic rings. The van der Waals surface area contributed by atoms with Crippen molar-refractivity contribution in [1.29, 1.82) is 5.26 Å². The van der Waals surface area contributed by atoms with Gasteiger partial charge in [-0.05, 0) is 42.0 Å². The first kappa shape index (κ1) is 29.2. The summed E-state index contributed by atoms with van der Waals surface area (Å²) < 4.78 is 38.7. The molecule has 0 bridgehead atoms. The third-order valence-electron chi connectivity index (χ3n) is 4.73. The van der Waals surface area contributed by atoms with Gasteiger partial charge >= 0.3 is 33.9 Å². The van der Waals surface area contributed by atoms with Gasteiger partial charge in [0.2, 0.25) is 0 Å². The molecule has 0 saturated heterocycles. The molecule has 2 atom stereocenters. The Morgan fingerprint density at radius 3 is 2.07 bits per heavy atom. The summed E-state index contributed by atoms with van der Waals surface area (Å²) in [5.74, 6) is 1.65. The van der Waals surface area contributed by atoms with Gasteiger partial charge in [0, 0.05) is 48.9 Å². The number of ether oxygens (including phenoxy) is 3. The van der Waals surface area contributed by atoms with Crippen LogP contribution in [0.3, 0.4) is 0 Å². The van der Waals surface area contributed by atoms with E-state index in [1.54, 1.807) is 21.3 Å². The first-order valence-electron chi connectivity index (χ1n) is 7.87. The van der Waals surface area contributed by atoms with E-state index in [0.29, 0.717) is 12.2 Å². The maximum absolute atomic E-state index is 9.34. The summed E-state index contributed by atoms with van der Waals surface area (Å²) in [6.07, 6.45) is 8.34. The Morgan fingerprint density at radius 2 is 1.59 bits per heavy atom. The van der Waals surface area contributed by atoms with Crippen molar-refractivity contribution in [2.75, 3.05) is 21.3 Å². The standard InChI is InChI=1S/C18H19NO3.3CO.Fe/c1-20-14-4-5-18(6-7-19)13(10-14)8-12-9-16(21-2)17(22-3)11-15(12)18;3*1-2;/h4-5,9-11,13H,6,8H2,1-3H3;;;;/t13-,18-;;;;/m1..../s1. The molecule has 0 heterocycles. The first-order valence-corrected chi connectivity index (χ1v) is 7.87. The van der Waals surface area contributed by atoms with Crippen LogP contribution in [-0.4, -0.2) is 21.3 Å². The largest absolute Gasteiger partial charge is 0 e. The second kappa shape index (κ2) is 14.9. The smallest absolute Gasteiger partial charge is 0 e. The number of rotatable bonds is 4. The third-order valence-corrected chi connectivity index (χ3v) is 4.73. The number of nitrogens with zero attached hydrogens (tertiary/aromatic N) is 1. The molecule has 3 rings (SSSR count). The van der Waals surface area contributed by atoms with Gasteiger partial charge in [-0.25, -0.2) is 0 Å². The fourth-order valence-electron chi connectivity index (χ4n) is 3.60. The number of methoxy groups -OCH3 is 3. The second-order valence-corrected chi connectivity index (χ2v) is 5.66. The molecule has 1 fully saturated rings. The van der Waals surface area contributed by atoms with Crippen molar-refractivity contribution in [3.63, 3.8) is 0 Å². The molecule has 2 aliphatic carbocycles. The van der Waals surface area contributed by atoms with E-state index in [0.717, 1.165) is 23.8 Å². The molecule has 2 aliphatic rings. The molecule has 8 heteroatoms. The number of nitriles is 1. The van der Waals surface area contributed by atoms with Crippen molar-refractivity contribution in [2.24, 2.45) is 5.92 Å². The van der Waals surface area contributed by atoms with Crippen LogP contribution in [0.2, 0.25) is 0 Å². The average Bonchev–Trinajstić information content (AvgIpc) is 3.09. The van der Waals surface area contributed by atoms with E-state index in [9.17, 15) is 5.26 Å². The summed E-state index contributed by atoms with van der Waals surface area (Å²) >= 11 is 0. The summed E-state index contributed by atoms with van der Waals surface area (Å²) in [5, 5.41) is 9.34. The van der Waals surface area contributed by atoms with E-state index in [1.807, 2.05) is 18.6 Å². The minimum atomic E-state index is -0.300. The topological polar surface area (TPSA) is 111 Å². The Hall–Kier alpha value is -1.99. The van der Waals surface area contributed by atoms with Crippen LogP contribution in [-0.2, 0) is 47.6 Å². The first-order chi connectivity index (χ1) is 13.7. The van der Waals surface area contributed by atoms with E-state index < -0.39 is 0 Å². The molecule has 0 unspecified atom stereocenters. The van der Waals surface area contributed by atoms with Crippen LogP contribution in [0.1, 0.15) is 17.5 Å². The maximum atomic E-state index is 9.34. The van der Waals surface area contributed by atoms with Crippen molar-refractivity contribution in [1.82, 2.24) is 0 Å². The molecule has 0 N–H and O–H groups in total. The van der Waals surface area contributed by atoms with E-state index >= 15 is 0 Å². The number of fused-ring (bicyclic) bond motifs is 3. The molecular weight excluding hydrogens is 418 g/mol. The molecule has 7 nitrogen and oxygen atoms in total. The van der Waals surface area contributed by atoms with E-state index in [-0.39, 0.29) is 28.4 Å². The fourth-order valence-corrected chi connectivity index (χ4v) is 3.60. The molecule has 29 heavy (non-hydrogen) atoms. The second-order valence-electron chi connectivity index (χ2n) is 5.66. The Kier molecular flexibility index (Phi) is 15.0. The molecule has 0 amide bonds.